The maximum atomic E-state index is 11.3. The van der Waals surface area contributed by atoms with E-state index in [0.29, 0.717) is 32.8 Å². The number of benzene rings is 2. The molecule has 0 saturated carbocycles. The Balaban J connectivity index is 1.97. The van der Waals surface area contributed by atoms with Crippen LogP contribution < -0.4 is 14.2 Å². The highest BCUT2D eigenvalue weighted by Crippen LogP contribution is 2.39. The fraction of sp³-hybridized carbons (Fsp3) is 0.182. The predicted octanol–water partition coefficient (Wildman–Crippen LogP) is 5.40. The zero-order chi connectivity index (χ0) is 21.7. The molecule has 0 amide bonds. The highest BCUT2D eigenvalue weighted by molar-refractivity contribution is 9.10. The molecule has 0 radical (unpaired) electrons. The van der Waals surface area contributed by atoms with Gasteiger partial charge in [-0.2, -0.15) is 0 Å². The second-order valence-electron chi connectivity index (χ2n) is 6.19. The van der Waals surface area contributed by atoms with Crippen molar-refractivity contribution < 1.29 is 24.1 Å². The molecule has 0 atom stereocenters. The van der Waals surface area contributed by atoms with Gasteiger partial charge in [-0.25, -0.2) is 4.98 Å². The van der Waals surface area contributed by atoms with Crippen molar-refractivity contribution in [2.45, 2.75) is 6.42 Å². The summed E-state index contributed by atoms with van der Waals surface area (Å²) in [6.07, 6.45) is 3.64. The summed E-state index contributed by atoms with van der Waals surface area (Å²) in [5.74, 6) is 0.736. The number of ether oxygens (including phenoxy) is 3. The third-order valence-electron chi connectivity index (χ3n) is 4.25. The fourth-order valence-electron chi connectivity index (χ4n) is 2.90. The molecule has 1 heterocycles. The lowest BCUT2D eigenvalue weighted by Crippen LogP contribution is -1.99. The number of hydrogen-bond donors (Lipinski definition) is 1. The minimum absolute atomic E-state index is 0.0823. The molecule has 3 aromatic rings. The summed E-state index contributed by atoms with van der Waals surface area (Å²) in [4.78, 5) is 16.7. The number of halogens is 1. The number of thiazole rings is 1. The molecule has 0 saturated heterocycles. The number of nitrogens with zero attached hydrogens (tertiary/aromatic N) is 1. The molecule has 156 valence electrons. The zero-order valence-corrected chi connectivity index (χ0v) is 19.0. The number of carboxylic acid groups (broad SMARTS) is 1. The van der Waals surface area contributed by atoms with Gasteiger partial charge >= 0.3 is 5.97 Å². The summed E-state index contributed by atoms with van der Waals surface area (Å²) in [5, 5.41) is 9.98. The van der Waals surface area contributed by atoms with E-state index in [1.54, 1.807) is 21.3 Å². The Kier molecular flexibility index (Phi) is 7.12. The number of aromatic nitrogens is 1. The maximum absolute atomic E-state index is 11.3. The second-order valence-corrected chi connectivity index (χ2v) is 8.22. The van der Waals surface area contributed by atoms with Crippen LogP contribution in [0.15, 0.2) is 40.9 Å². The minimum atomic E-state index is -0.892. The average molecular weight is 490 g/mol. The van der Waals surface area contributed by atoms with Crippen LogP contribution in [0.3, 0.4) is 0 Å². The third-order valence-corrected chi connectivity index (χ3v) is 5.80. The van der Waals surface area contributed by atoms with E-state index in [9.17, 15) is 9.90 Å². The number of carbonyl (C=O) groups is 1. The van der Waals surface area contributed by atoms with Gasteiger partial charge in [0.05, 0.1) is 33.4 Å². The molecule has 8 heteroatoms. The number of aliphatic carboxylic acids is 1. The molecule has 1 aromatic heterocycles. The summed E-state index contributed by atoms with van der Waals surface area (Å²) >= 11 is 4.77. The van der Waals surface area contributed by atoms with Crippen LogP contribution in [0.1, 0.15) is 15.4 Å². The molecule has 3 rings (SSSR count). The van der Waals surface area contributed by atoms with Crippen molar-refractivity contribution in [3.05, 3.63) is 56.3 Å². The Morgan fingerprint density at radius 2 is 1.70 bits per heavy atom. The van der Waals surface area contributed by atoms with E-state index in [0.717, 1.165) is 15.6 Å². The summed E-state index contributed by atoms with van der Waals surface area (Å²) in [7, 11) is 4.68. The monoisotopic (exact) mass is 489 g/mol. The maximum Gasteiger partial charge on any atom is 0.308 e. The van der Waals surface area contributed by atoms with Gasteiger partial charge in [-0.15, -0.1) is 11.3 Å². The standard InChI is InChI=1S/C22H20BrNO5S/c1-27-16-10-13(11-17(28-2)22(16)29-3)4-9-19-24-21(18(30-19)12-20(25)26)14-5-7-15(23)8-6-14/h4-11H,12H2,1-3H3,(H,25,26)/b9-4+. The highest BCUT2D eigenvalue weighted by atomic mass is 79.9. The molecular weight excluding hydrogens is 470 g/mol. The van der Waals surface area contributed by atoms with Crippen LogP contribution in [0, 0.1) is 0 Å². The smallest absolute Gasteiger partial charge is 0.308 e. The molecule has 0 spiro atoms. The van der Waals surface area contributed by atoms with Crippen molar-refractivity contribution in [2.75, 3.05) is 21.3 Å². The van der Waals surface area contributed by atoms with E-state index in [-0.39, 0.29) is 6.42 Å². The molecule has 0 aliphatic heterocycles. The Hall–Kier alpha value is -2.84. The first-order chi connectivity index (χ1) is 14.4. The lowest BCUT2D eigenvalue weighted by atomic mass is 10.1. The predicted molar refractivity (Wildman–Crippen MR) is 122 cm³/mol. The van der Waals surface area contributed by atoms with E-state index >= 15 is 0 Å². The quantitative estimate of drug-likeness (QED) is 0.456. The average Bonchev–Trinajstić information content (AvgIpc) is 3.13. The van der Waals surface area contributed by atoms with Crippen LogP contribution in [0.2, 0.25) is 0 Å². The van der Waals surface area contributed by atoms with Crippen molar-refractivity contribution in [3.63, 3.8) is 0 Å². The summed E-state index contributed by atoms with van der Waals surface area (Å²) < 4.78 is 17.1. The number of rotatable bonds is 8. The molecule has 0 aliphatic carbocycles. The van der Waals surface area contributed by atoms with Crippen LogP contribution in [-0.2, 0) is 11.2 Å². The molecule has 0 unspecified atom stereocenters. The Morgan fingerprint density at radius 1 is 1.07 bits per heavy atom. The number of hydrogen-bond acceptors (Lipinski definition) is 6. The summed E-state index contributed by atoms with van der Waals surface area (Å²) in [5.41, 5.74) is 2.39. The van der Waals surface area contributed by atoms with Gasteiger partial charge in [0.15, 0.2) is 11.5 Å². The van der Waals surface area contributed by atoms with Gasteiger partial charge in [0, 0.05) is 14.9 Å². The van der Waals surface area contributed by atoms with Gasteiger partial charge in [-0.3, -0.25) is 4.79 Å². The first-order valence-electron chi connectivity index (χ1n) is 8.90. The Bertz CT molecular complexity index is 1050. The van der Waals surface area contributed by atoms with Crippen LogP contribution in [0.5, 0.6) is 17.2 Å². The summed E-state index contributed by atoms with van der Waals surface area (Å²) in [6.45, 7) is 0. The number of methoxy groups -OCH3 is 3. The fourth-order valence-corrected chi connectivity index (χ4v) is 4.14. The lowest BCUT2D eigenvalue weighted by molar-refractivity contribution is -0.136. The molecule has 6 nitrogen and oxygen atoms in total. The largest absolute Gasteiger partial charge is 0.493 e. The topological polar surface area (TPSA) is 77.9 Å². The SMILES string of the molecule is COc1cc(/C=C/c2nc(-c3ccc(Br)cc3)c(CC(=O)O)s2)cc(OC)c1OC. The van der Waals surface area contributed by atoms with Crippen molar-refractivity contribution in [3.8, 4) is 28.5 Å². The van der Waals surface area contributed by atoms with E-state index in [4.69, 9.17) is 14.2 Å². The van der Waals surface area contributed by atoms with Crippen LogP contribution in [0.4, 0.5) is 0 Å². The molecular formula is C22H20BrNO5S. The van der Waals surface area contributed by atoms with Crippen molar-refractivity contribution in [2.24, 2.45) is 0 Å². The van der Waals surface area contributed by atoms with Crippen molar-refractivity contribution in [1.29, 1.82) is 0 Å². The van der Waals surface area contributed by atoms with Gasteiger partial charge in [0.2, 0.25) is 5.75 Å². The van der Waals surface area contributed by atoms with Gasteiger partial charge in [0.1, 0.15) is 5.01 Å². The third kappa shape index (κ3) is 5.01. The highest BCUT2D eigenvalue weighted by Gasteiger charge is 2.16. The van der Waals surface area contributed by atoms with Gasteiger partial charge in [-0.1, -0.05) is 34.1 Å². The van der Waals surface area contributed by atoms with Crippen molar-refractivity contribution in [1.82, 2.24) is 4.98 Å². The zero-order valence-electron chi connectivity index (χ0n) is 16.6. The van der Waals surface area contributed by atoms with Gasteiger partial charge in [0.25, 0.3) is 0 Å². The Morgan fingerprint density at radius 3 is 2.23 bits per heavy atom. The first kappa shape index (κ1) is 21.9. The van der Waals surface area contributed by atoms with Gasteiger partial charge in [-0.05, 0) is 35.9 Å². The van der Waals surface area contributed by atoms with E-state index in [2.05, 4.69) is 20.9 Å². The van der Waals surface area contributed by atoms with E-state index < -0.39 is 5.97 Å². The molecule has 0 aliphatic rings. The lowest BCUT2D eigenvalue weighted by Gasteiger charge is -2.12. The van der Waals surface area contributed by atoms with Crippen LogP contribution in [-0.4, -0.2) is 37.4 Å². The molecule has 2 aromatic carbocycles. The van der Waals surface area contributed by atoms with Crippen molar-refractivity contribution >= 4 is 45.4 Å². The normalized spacial score (nSPS) is 10.9. The minimum Gasteiger partial charge on any atom is -0.493 e. The van der Waals surface area contributed by atoms with Crippen LogP contribution in [0.25, 0.3) is 23.4 Å². The molecule has 0 bridgehead atoms. The van der Waals surface area contributed by atoms with E-state index in [1.807, 2.05) is 48.6 Å². The second kappa shape index (κ2) is 9.77. The molecule has 0 fully saturated rings. The molecule has 30 heavy (non-hydrogen) atoms. The number of carboxylic acids is 1. The molecule has 1 N–H and O–H groups in total. The van der Waals surface area contributed by atoms with Crippen LogP contribution >= 0.6 is 27.3 Å². The summed E-state index contributed by atoms with van der Waals surface area (Å²) in [6, 6.07) is 11.3. The first-order valence-corrected chi connectivity index (χ1v) is 10.5. The van der Waals surface area contributed by atoms with Gasteiger partial charge < -0.3 is 19.3 Å². The Labute approximate surface area is 186 Å². The van der Waals surface area contributed by atoms with E-state index in [1.165, 1.54) is 11.3 Å².